The number of fused-ring (bicyclic) bond motifs is 3. The second-order valence-corrected chi connectivity index (χ2v) is 15.2. The van der Waals surface area contributed by atoms with Gasteiger partial charge in [-0.3, -0.25) is 9.59 Å². The number of hydrogen-bond acceptors (Lipinski definition) is 8. The van der Waals surface area contributed by atoms with Gasteiger partial charge in [0.05, 0.1) is 51.1 Å². The highest BCUT2D eigenvalue weighted by Crippen LogP contribution is 2.52. The number of aromatic amines is 2. The van der Waals surface area contributed by atoms with Crippen LogP contribution in [0.4, 0.5) is 18.4 Å². The molecular weight excluding hydrogens is 763 g/mol. The van der Waals surface area contributed by atoms with Crippen LogP contribution in [-0.4, -0.2) is 94.1 Å². The Bertz CT molecular complexity index is 2370. The van der Waals surface area contributed by atoms with E-state index in [-0.39, 0.29) is 54.5 Å². The number of imidazole rings is 2. The number of benzene rings is 3. The lowest BCUT2D eigenvalue weighted by molar-refractivity contribution is -0.132. The number of H-pyrrole nitrogens is 2. The van der Waals surface area contributed by atoms with Crippen LogP contribution in [-0.2, 0) is 38.1 Å². The Balaban J connectivity index is 1.03. The van der Waals surface area contributed by atoms with Gasteiger partial charge >= 0.3 is 12.2 Å². The second kappa shape index (κ2) is 16.7. The number of alkyl halides is 2. The molecule has 0 spiro atoms. The molecule has 14 nitrogen and oxygen atoms in total. The molecule has 4 N–H and O–H groups in total. The molecule has 59 heavy (non-hydrogen) atoms. The number of carbonyl (C=O) groups excluding carboxylic acids is 4. The first-order chi connectivity index (χ1) is 28.3. The summed E-state index contributed by atoms with van der Waals surface area (Å²) in [6, 6.07) is 17.6. The second-order valence-electron chi connectivity index (χ2n) is 15.2. The molecule has 1 fully saturated rings. The van der Waals surface area contributed by atoms with E-state index in [4.69, 9.17) is 0 Å². The molecule has 2 heterocycles. The highest BCUT2D eigenvalue weighted by atomic mass is 19.3. The number of amides is 4. The Hall–Kier alpha value is -6.58. The van der Waals surface area contributed by atoms with Crippen molar-refractivity contribution in [3.63, 3.8) is 0 Å². The summed E-state index contributed by atoms with van der Waals surface area (Å²) < 4.78 is 41.8. The van der Waals surface area contributed by atoms with Crippen LogP contribution in [0.1, 0.15) is 55.9 Å². The first kappa shape index (κ1) is 40.6. The first-order valence-corrected chi connectivity index (χ1v) is 19.4. The van der Waals surface area contributed by atoms with E-state index in [1.807, 2.05) is 37.3 Å². The van der Waals surface area contributed by atoms with Gasteiger partial charge in [-0.1, -0.05) is 62.4 Å². The van der Waals surface area contributed by atoms with Crippen molar-refractivity contribution in [2.45, 2.75) is 52.1 Å². The van der Waals surface area contributed by atoms with Crippen molar-refractivity contribution >= 4 is 24.0 Å². The minimum Gasteiger partial charge on any atom is -0.453 e. The molecule has 0 atom stereocenters. The van der Waals surface area contributed by atoms with Gasteiger partial charge in [-0.2, -0.15) is 8.78 Å². The van der Waals surface area contributed by atoms with Gasteiger partial charge in [0.25, 0.3) is 5.92 Å². The average molecular weight is 809 g/mol. The zero-order valence-electron chi connectivity index (χ0n) is 33.3. The normalized spacial score (nSPS) is 14.1. The van der Waals surface area contributed by atoms with Crippen LogP contribution in [0.2, 0.25) is 0 Å². The van der Waals surface area contributed by atoms with Crippen LogP contribution >= 0.6 is 0 Å². The molecule has 0 saturated heterocycles. The SMILES string of the molecule is CCCN(Cc1ncc(-c2ccc(-c3ccc4c(c3)C(F)(F)c3cc(-c5cnc(CN(CC6(C)CC6)C(=O)CNC(=O)OC)[nH]5)ccc3-4)cc2)[nH]1)C(=O)CNC(=O)OC. The largest absolute Gasteiger partial charge is 0.453 e. The quantitative estimate of drug-likeness (QED) is 0.0890. The highest BCUT2D eigenvalue weighted by molar-refractivity contribution is 5.85. The topological polar surface area (TPSA) is 175 Å². The third kappa shape index (κ3) is 8.96. The zero-order chi connectivity index (χ0) is 41.9. The highest BCUT2D eigenvalue weighted by Gasteiger charge is 2.45. The summed E-state index contributed by atoms with van der Waals surface area (Å²) in [5.74, 6) is -2.75. The minimum absolute atomic E-state index is 0.00123. The third-order valence-corrected chi connectivity index (χ3v) is 10.8. The van der Waals surface area contributed by atoms with Crippen molar-refractivity contribution in [3.8, 4) is 44.8 Å². The van der Waals surface area contributed by atoms with Crippen LogP contribution in [0.5, 0.6) is 0 Å². The van der Waals surface area contributed by atoms with Crippen LogP contribution in [0.3, 0.4) is 0 Å². The summed E-state index contributed by atoms with van der Waals surface area (Å²) >= 11 is 0. The summed E-state index contributed by atoms with van der Waals surface area (Å²) in [6.07, 6.45) is 4.57. The van der Waals surface area contributed by atoms with Gasteiger partial charge in [-0.15, -0.1) is 0 Å². The Morgan fingerprint density at radius 2 is 1.19 bits per heavy atom. The Morgan fingerprint density at radius 3 is 1.73 bits per heavy atom. The molecular formula is C43H46F2N8O6. The molecule has 0 bridgehead atoms. The molecule has 2 aliphatic rings. The van der Waals surface area contributed by atoms with E-state index in [1.165, 1.54) is 20.3 Å². The molecule has 1 saturated carbocycles. The number of methoxy groups -OCH3 is 2. The van der Waals surface area contributed by atoms with Gasteiger partial charge in [0.1, 0.15) is 24.7 Å². The molecule has 4 amide bonds. The number of alkyl carbamates (subject to hydrolysis) is 2. The zero-order valence-corrected chi connectivity index (χ0v) is 33.3. The van der Waals surface area contributed by atoms with E-state index >= 15 is 8.78 Å². The van der Waals surface area contributed by atoms with Crippen molar-refractivity contribution in [1.29, 1.82) is 0 Å². The maximum atomic E-state index is 16.3. The fraction of sp³-hybridized carbons (Fsp3) is 0.349. The minimum atomic E-state index is -3.26. The van der Waals surface area contributed by atoms with Crippen LogP contribution < -0.4 is 10.6 Å². The van der Waals surface area contributed by atoms with Crippen LogP contribution in [0.15, 0.2) is 73.1 Å². The van der Waals surface area contributed by atoms with Gasteiger partial charge in [-0.25, -0.2) is 19.6 Å². The molecule has 5 aromatic rings. The number of nitrogens with zero attached hydrogens (tertiary/aromatic N) is 4. The molecule has 7 rings (SSSR count). The third-order valence-electron chi connectivity index (χ3n) is 10.8. The number of ether oxygens (including phenoxy) is 2. The smallest absolute Gasteiger partial charge is 0.407 e. The summed E-state index contributed by atoms with van der Waals surface area (Å²) in [5.41, 5.74) is 4.77. The van der Waals surface area contributed by atoms with Crippen LogP contribution in [0.25, 0.3) is 44.8 Å². The number of nitrogens with one attached hydrogen (secondary N) is 4. The monoisotopic (exact) mass is 808 g/mol. The van der Waals surface area contributed by atoms with E-state index in [0.717, 1.165) is 36.1 Å². The number of halogens is 2. The number of rotatable bonds is 15. The van der Waals surface area contributed by atoms with Gasteiger partial charge in [0, 0.05) is 29.8 Å². The predicted molar refractivity (Wildman–Crippen MR) is 215 cm³/mol. The van der Waals surface area contributed by atoms with Crippen LogP contribution in [0, 0.1) is 5.41 Å². The predicted octanol–water partition coefficient (Wildman–Crippen LogP) is 6.83. The summed E-state index contributed by atoms with van der Waals surface area (Å²) in [6.45, 7) is 5.00. The van der Waals surface area contributed by atoms with Gasteiger partial charge in [-0.05, 0) is 64.6 Å². The van der Waals surface area contributed by atoms with Gasteiger partial charge in [0.2, 0.25) is 11.8 Å². The summed E-state index contributed by atoms with van der Waals surface area (Å²) in [5, 5.41) is 4.85. The summed E-state index contributed by atoms with van der Waals surface area (Å²) in [7, 11) is 2.46. The molecule has 308 valence electrons. The standard InChI is InChI=1S/C43H46F2N8O6/c1-5-16-52(38(54)21-48-40(56)58-3)23-36-46-19-34(50-36)27-8-6-26(7-9-27)28-10-12-30-31-13-11-29(18-33(31)43(44,45)32(30)17-28)35-20-47-37(51-35)24-53(25-42(2)14-15-42)39(55)22-49-41(57)59-4/h6-13,17-20H,5,14-16,21-25H2,1-4H3,(H,46,50)(H,47,51)(H,48,56)(H,49,57). The van der Waals surface area contributed by atoms with E-state index in [0.29, 0.717) is 52.7 Å². The molecule has 0 unspecified atom stereocenters. The molecule has 2 aliphatic carbocycles. The molecule has 3 aromatic carbocycles. The Morgan fingerprint density at radius 1 is 0.712 bits per heavy atom. The lowest BCUT2D eigenvalue weighted by Gasteiger charge is -2.25. The lowest BCUT2D eigenvalue weighted by Crippen LogP contribution is -2.42. The number of carbonyl (C=O) groups is 4. The van der Waals surface area contributed by atoms with Crippen molar-refractivity contribution < 1.29 is 37.4 Å². The molecule has 0 aliphatic heterocycles. The average Bonchev–Trinajstić information content (AvgIpc) is 3.52. The van der Waals surface area contributed by atoms with Gasteiger partial charge in [0.15, 0.2) is 0 Å². The van der Waals surface area contributed by atoms with E-state index in [2.05, 4.69) is 47.0 Å². The fourth-order valence-corrected chi connectivity index (χ4v) is 7.24. The van der Waals surface area contributed by atoms with E-state index in [9.17, 15) is 19.2 Å². The van der Waals surface area contributed by atoms with E-state index < -0.39 is 18.1 Å². The maximum Gasteiger partial charge on any atom is 0.407 e. The summed E-state index contributed by atoms with van der Waals surface area (Å²) in [4.78, 5) is 67.4. The fourth-order valence-electron chi connectivity index (χ4n) is 7.24. The molecule has 16 heteroatoms. The van der Waals surface area contributed by atoms with Crippen molar-refractivity contribution in [2.75, 3.05) is 40.4 Å². The van der Waals surface area contributed by atoms with Crippen molar-refractivity contribution in [1.82, 2.24) is 40.4 Å². The number of aromatic nitrogens is 4. The van der Waals surface area contributed by atoms with Crippen molar-refractivity contribution in [2.24, 2.45) is 5.41 Å². The lowest BCUT2D eigenvalue weighted by atomic mass is 9.97. The van der Waals surface area contributed by atoms with Gasteiger partial charge < -0.3 is 39.9 Å². The number of hydrogen-bond donors (Lipinski definition) is 4. The Labute approximate surface area is 339 Å². The van der Waals surface area contributed by atoms with Crippen molar-refractivity contribution in [3.05, 3.63) is 95.8 Å². The molecule has 0 radical (unpaired) electrons. The molecule has 2 aromatic heterocycles. The Kier molecular flexibility index (Phi) is 11.5. The maximum absolute atomic E-state index is 16.3. The first-order valence-electron chi connectivity index (χ1n) is 19.4. The van der Waals surface area contributed by atoms with E-state index in [1.54, 1.807) is 46.5 Å².